The maximum absolute atomic E-state index is 12.4. The van der Waals surface area contributed by atoms with Crippen molar-refractivity contribution in [2.75, 3.05) is 4.72 Å². The zero-order valence-electron chi connectivity index (χ0n) is 12.5. The van der Waals surface area contributed by atoms with Gasteiger partial charge in [-0.25, -0.2) is 9.69 Å². The molecule has 0 heterocycles. The van der Waals surface area contributed by atoms with Crippen molar-refractivity contribution in [1.29, 1.82) is 0 Å². The molecule has 0 fully saturated rings. The number of hydroxylamine groups is 1. The molecule has 0 aromatic heterocycles. The number of aliphatic hydroxyl groups is 1. The smallest absolute Gasteiger partial charge is 0.309 e. The van der Waals surface area contributed by atoms with Gasteiger partial charge in [-0.15, -0.1) is 0 Å². The fourth-order valence-corrected chi connectivity index (χ4v) is 2.81. The van der Waals surface area contributed by atoms with E-state index in [1.165, 1.54) is 29.7 Å². The third-order valence-corrected chi connectivity index (χ3v) is 4.12. The summed E-state index contributed by atoms with van der Waals surface area (Å²) in [5.74, 6) is -3.09. The van der Waals surface area contributed by atoms with Crippen LogP contribution in [0.2, 0.25) is 0 Å². The summed E-state index contributed by atoms with van der Waals surface area (Å²) in [5, 5.41) is 47.0. The lowest BCUT2D eigenvalue weighted by molar-refractivity contribution is -0.127. The van der Waals surface area contributed by atoms with Crippen molar-refractivity contribution in [3.8, 4) is 17.2 Å². The molecular formula is C15H14N2O7S. The lowest BCUT2D eigenvalue weighted by Gasteiger charge is -2.10. The summed E-state index contributed by atoms with van der Waals surface area (Å²) >= 11 is 0. The number of aromatic hydroxyl groups is 3. The SMILES string of the molecule is O=C(NO)/C(O)=C/c1cc(O)cc(S(=O)Nc2ccc(O)cc2)c1O. The molecule has 2 aromatic carbocycles. The number of phenolic OH excluding ortho intramolecular Hbond substituents is 3. The minimum absolute atomic E-state index is 0.0154. The third kappa shape index (κ3) is 4.40. The molecule has 132 valence electrons. The van der Waals surface area contributed by atoms with Gasteiger partial charge in [0.05, 0.1) is 0 Å². The van der Waals surface area contributed by atoms with E-state index in [0.29, 0.717) is 5.69 Å². The molecule has 0 aliphatic heterocycles. The van der Waals surface area contributed by atoms with Crippen LogP contribution in [0.25, 0.3) is 6.08 Å². The Bertz CT molecular complexity index is 850. The van der Waals surface area contributed by atoms with E-state index in [2.05, 4.69) is 4.72 Å². The van der Waals surface area contributed by atoms with Crippen molar-refractivity contribution in [3.63, 3.8) is 0 Å². The molecule has 25 heavy (non-hydrogen) atoms. The molecule has 0 bridgehead atoms. The average molecular weight is 366 g/mol. The van der Waals surface area contributed by atoms with Gasteiger partial charge in [0.2, 0.25) is 0 Å². The number of amides is 1. The summed E-state index contributed by atoms with van der Waals surface area (Å²) in [6.07, 6.45) is 0.780. The van der Waals surface area contributed by atoms with Crippen LogP contribution in [0, 0.1) is 0 Å². The maximum atomic E-state index is 12.4. The first kappa shape index (κ1) is 18.1. The van der Waals surface area contributed by atoms with E-state index < -0.39 is 28.4 Å². The number of carbonyl (C=O) groups excluding carboxylic acids is 1. The molecule has 0 aliphatic rings. The Morgan fingerprint density at radius 1 is 1.04 bits per heavy atom. The normalized spacial score (nSPS) is 12.4. The van der Waals surface area contributed by atoms with Crippen LogP contribution in [0.3, 0.4) is 0 Å². The number of carbonyl (C=O) groups is 1. The van der Waals surface area contributed by atoms with Crippen molar-refractivity contribution in [2.24, 2.45) is 0 Å². The number of hydrogen-bond acceptors (Lipinski definition) is 7. The summed E-state index contributed by atoms with van der Waals surface area (Å²) in [6, 6.07) is 7.69. The van der Waals surface area contributed by atoms with Crippen LogP contribution < -0.4 is 10.2 Å². The summed E-state index contributed by atoms with van der Waals surface area (Å²) in [4.78, 5) is 10.9. The topological polar surface area (TPSA) is 159 Å². The van der Waals surface area contributed by atoms with Crippen molar-refractivity contribution >= 4 is 28.7 Å². The van der Waals surface area contributed by atoms with Gasteiger partial charge in [-0.1, -0.05) is 0 Å². The highest BCUT2D eigenvalue weighted by Gasteiger charge is 2.17. The van der Waals surface area contributed by atoms with Crippen LogP contribution in [0.5, 0.6) is 17.2 Å². The predicted octanol–water partition coefficient (Wildman–Crippen LogP) is 1.34. The van der Waals surface area contributed by atoms with Crippen LogP contribution in [-0.4, -0.2) is 35.7 Å². The van der Waals surface area contributed by atoms with Gasteiger partial charge in [-0.05, 0) is 36.4 Å². The fourth-order valence-electron chi connectivity index (χ4n) is 1.83. The Labute approximate surface area is 144 Å². The lowest BCUT2D eigenvalue weighted by Crippen LogP contribution is -2.20. The minimum Gasteiger partial charge on any atom is -0.508 e. The maximum Gasteiger partial charge on any atom is 0.309 e. The van der Waals surface area contributed by atoms with Crippen molar-refractivity contribution in [2.45, 2.75) is 4.90 Å². The summed E-state index contributed by atoms with van der Waals surface area (Å²) in [5.41, 5.74) is 1.38. The van der Waals surface area contributed by atoms with E-state index in [0.717, 1.165) is 18.2 Å². The third-order valence-electron chi connectivity index (χ3n) is 2.99. The lowest BCUT2D eigenvalue weighted by atomic mass is 10.1. The number of aliphatic hydroxyl groups excluding tert-OH is 1. The fraction of sp³-hybridized carbons (Fsp3) is 0. The molecule has 9 nitrogen and oxygen atoms in total. The van der Waals surface area contributed by atoms with Crippen LogP contribution in [-0.2, 0) is 15.8 Å². The first-order valence-electron chi connectivity index (χ1n) is 6.70. The first-order valence-corrected chi connectivity index (χ1v) is 7.85. The Morgan fingerprint density at radius 3 is 2.28 bits per heavy atom. The molecule has 0 saturated carbocycles. The first-order chi connectivity index (χ1) is 11.8. The molecule has 2 rings (SSSR count). The number of phenols is 3. The van der Waals surface area contributed by atoms with E-state index in [1.54, 1.807) is 0 Å². The Kier molecular flexibility index (Phi) is 5.47. The van der Waals surface area contributed by atoms with Crippen LogP contribution in [0.4, 0.5) is 5.69 Å². The molecule has 0 spiro atoms. The van der Waals surface area contributed by atoms with E-state index in [-0.39, 0.29) is 22.0 Å². The van der Waals surface area contributed by atoms with Crippen LogP contribution in [0.1, 0.15) is 5.56 Å². The van der Waals surface area contributed by atoms with E-state index in [4.69, 9.17) is 5.21 Å². The number of nitrogens with one attached hydrogen (secondary N) is 2. The summed E-state index contributed by atoms with van der Waals surface area (Å²) < 4.78 is 14.9. The molecule has 2 aromatic rings. The van der Waals surface area contributed by atoms with Gasteiger partial charge in [-0.3, -0.25) is 10.0 Å². The Hall–Kier alpha value is -3.24. The zero-order valence-corrected chi connectivity index (χ0v) is 13.3. The van der Waals surface area contributed by atoms with Crippen molar-refractivity contribution in [1.82, 2.24) is 5.48 Å². The number of hydrogen-bond donors (Lipinski definition) is 7. The van der Waals surface area contributed by atoms with Gasteiger partial charge < -0.3 is 25.1 Å². The molecule has 1 amide bonds. The standard InChI is InChI=1S/C15H14N2O7S/c18-10-3-1-9(2-4-10)17-25(24)13-7-11(19)5-8(14(13)21)6-12(20)15(22)16-23/h1-7,17-21,23H,(H,16,22)/b12-6-. The molecule has 1 atom stereocenters. The molecule has 0 radical (unpaired) electrons. The molecule has 10 heteroatoms. The van der Waals surface area contributed by atoms with Crippen molar-refractivity contribution < 1.29 is 34.6 Å². The highest BCUT2D eigenvalue weighted by molar-refractivity contribution is 7.86. The van der Waals surface area contributed by atoms with Gasteiger partial charge in [0.15, 0.2) is 16.7 Å². The molecule has 0 saturated heterocycles. The summed E-state index contributed by atoms with van der Waals surface area (Å²) in [7, 11) is -2.00. The largest absolute Gasteiger partial charge is 0.508 e. The number of benzene rings is 2. The second-order valence-corrected chi connectivity index (χ2v) is 5.95. The van der Waals surface area contributed by atoms with Crippen molar-refractivity contribution in [3.05, 3.63) is 47.7 Å². The second kappa shape index (κ2) is 7.55. The highest BCUT2D eigenvalue weighted by atomic mass is 32.2. The minimum atomic E-state index is -2.00. The van der Waals surface area contributed by atoms with Gasteiger partial charge in [0.25, 0.3) is 0 Å². The molecule has 0 aliphatic carbocycles. The number of anilines is 1. The monoisotopic (exact) mass is 366 g/mol. The van der Waals surface area contributed by atoms with E-state index in [1.807, 2.05) is 0 Å². The quantitative estimate of drug-likeness (QED) is 0.138. The van der Waals surface area contributed by atoms with Gasteiger partial charge in [0.1, 0.15) is 22.1 Å². The summed E-state index contributed by atoms with van der Waals surface area (Å²) in [6.45, 7) is 0. The second-order valence-electron chi connectivity index (χ2n) is 4.77. The van der Waals surface area contributed by atoms with Gasteiger partial charge >= 0.3 is 5.91 Å². The van der Waals surface area contributed by atoms with Crippen LogP contribution in [0.15, 0.2) is 47.1 Å². The number of rotatable bonds is 5. The Balaban J connectivity index is 2.36. The average Bonchev–Trinajstić information content (AvgIpc) is 2.58. The molecule has 1 unspecified atom stereocenters. The van der Waals surface area contributed by atoms with Gasteiger partial charge in [-0.2, -0.15) is 0 Å². The predicted molar refractivity (Wildman–Crippen MR) is 88.4 cm³/mol. The van der Waals surface area contributed by atoms with E-state index >= 15 is 0 Å². The van der Waals surface area contributed by atoms with E-state index in [9.17, 15) is 29.4 Å². The van der Waals surface area contributed by atoms with Gasteiger partial charge in [0, 0.05) is 17.3 Å². The molecular weight excluding hydrogens is 352 g/mol. The zero-order chi connectivity index (χ0) is 18.6. The Morgan fingerprint density at radius 2 is 1.68 bits per heavy atom. The molecule has 7 N–H and O–H groups in total. The highest BCUT2D eigenvalue weighted by Crippen LogP contribution is 2.32. The van der Waals surface area contributed by atoms with Crippen LogP contribution >= 0.6 is 0 Å².